The Bertz CT molecular complexity index is 467. The highest BCUT2D eigenvalue weighted by Gasteiger charge is 2.25. The summed E-state index contributed by atoms with van der Waals surface area (Å²) >= 11 is 6.05. The van der Waals surface area contributed by atoms with Crippen molar-refractivity contribution >= 4 is 23.3 Å². The molecule has 1 aliphatic rings. The van der Waals surface area contributed by atoms with Crippen molar-refractivity contribution in [3.8, 4) is 0 Å². The van der Waals surface area contributed by atoms with E-state index in [0.717, 1.165) is 12.8 Å². The second-order valence-electron chi connectivity index (χ2n) is 4.74. The average Bonchev–Trinajstić information content (AvgIpc) is 2.47. The SMILES string of the molecule is CNc1cc(C(=O)N2CCCC(CO)C2)c(Cl)cn1. The number of nitrogens with one attached hydrogen (secondary N) is 1. The quantitative estimate of drug-likeness (QED) is 0.885. The maximum atomic E-state index is 12.5. The molecule has 1 unspecified atom stereocenters. The Morgan fingerprint density at radius 3 is 3.16 bits per heavy atom. The summed E-state index contributed by atoms with van der Waals surface area (Å²) < 4.78 is 0. The number of aromatic nitrogens is 1. The van der Waals surface area contributed by atoms with E-state index in [1.807, 2.05) is 0 Å². The third-order valence-corrected chi connectivity index (χ3v) is 3.71. The standard InChI is InChI=1S/C13H18ClN3O2/c1-15-12-5-10(11(14)6-16-12)13(19)17-4-2-3-9(7-17)8-18/h5-6,9,18H,2-4,7-8H2,1H3,(H,15,16). The fourth-order valence-electron chi connectivity index (χ4n) is 2.31. The molecule has 0 saturated carbocycles. The maximum Gasteiger partial charge on any atom is 0.255 e. The summed E-state index contributed by atoms with van der Waals surface area (Å²) in [4.78, 5) is 18.3. The minimum Gasteiger partial charge on any atom is -0.396 e. The van der Waals surface area contributed by atoms with Crippen LogP contribution in [-0.4, -0.2) is 47.6 Å². The van der Waals surface area contributed by atoms with Crippen LogP contribution in [0.4, 0.5) is 5.82 Å². The molecule has 1 atom stereocenters. The molecule has 0 aromatic carbocycles. The molecule has 1 saturated heterocycles. The van der Waals surface area contributed by atoms with Crippen LogP contribution in [-0.2, 0) is 0 Å². The zero-order valence-electron chi connectivity index (χ0n) is 10.9. The number of aliphatic hydroxyl groups is 1. The molecule has 1 aliphatic heterocycles. The molecule has 0 radical (unpaired) electrons. The van der Waals surface area contributed by atoms with E-state index in [9.17, 15) is 9.90 Å². The Hall–Kier alpha value is -1.33. The minimum atomic E-state index is -0.0953. The molecule has 1 aromatic rings. The monoisotopic (exact) mass is 283 g/mol. The summed E-state index contributed by atoms with van der Waals surface area (Å²) in [6.07, 6.45) is 3.36. The Morgan fingerprint density at radius 2 is 2.47 bits per heavy atom. The van der Waals surface area contributed by atoms with Crippen molar-refractivity contribution in [3.05, 3.63) is 22.8 Å². The lowest BCUT2D eigenvalue weighted by molar-refractivity contribution is 0.0621. The van der Waals surface area contributed by atoms with E-state index >= 15 is 0 Å². The van der Waals surface area contributed by atoms with Gasteiger partial charge in [0.15, 0.2) is 0 Å². The zero-order valence-corrected chi connectivity index (χ0v) is 11.7. The minimum absolute atomic E-state index is 0.0953. The fourth-order valence-corrected chi connectivity index (χ4v) is 2.49. The van der Waals surface area contributed by atoms with Gasteiger partial charge in [0, 0.05) is 32.9 Å². The van der Waals surface area contributed by atoms with Gasteiger partial charge in [0.05, 0.1) is 10.6 Å². The number of amides is 1. The number of pyridine rings is 1. The van der Waals surface area contributed by atoms with Gasteiger partial charge < -0.3 is 15.3 Å². The lowest BCUT2D eigenvalue weighted by Crippen LogP contribution is -2.41. The lowest BCUT2D eigenvalue weighted by atomic mass is 9.98. The van der Waals surface area contributed by atoms with Gasteiger partial charge in [-0.3, -0.25) is 4.79 Å². The number of halogens is 1. The van der Waals surface area contributed by atoms with Gasteiger partial charge >= 0.3 is 0 Å². The molecule has 2 N–H and O–H groups in total. The first kappa shape index (κ1) is 14.1. The Balaban J connectivity index is 2.18. The van der Waals surface area contributed by atoms with Crippen LogP contribution < -0.4 is 5.32 Å². The van der Waals surface area contributed by atoms with Gasteiger partial charge in [-0.1, -0.05) is 11.6 Å². The Labute approximate surface area is 117 Å². The second-order valence-corrected chi connectivity index (χ2v) is 5.15. The Morgan fingerprint density at radius 1 is 1.68 bits per heavy atom. The van der Waals surface area contributed by atoms with Crippen LogP contribution in [0, 0.1) is 5.92 Å². The summed E-state index contributed by atoms with van der Waals surface area (Å²) in [5.74, 6) is 0.688. The molecule has 1 fully saturated rings. The molecule has 2 heterocycles. The van der Waals surface area contributed by atoms with Crippen molar-refractivity contribution < 1.29 is 9.90 Å². The van der Waals surface area contributed by atoms with Crippen LogP contribution in [0.2, 0.25) is 5.02 Å². The van der Waals surface area contributed by atoms with E-state index in [1.165, 1.54) is 6.20 Å². The van der Waals surface area contributed by atoms with Crippen LogP contribution in [0.3, 0.4) is 0 Å². The lowest BCUT2D eigenvalue weighted by Gasteiger charge is -2.32. The number of carbonyl (C=O) groups excluding carboxylic acids is 1. The third kappa shape index (κ3) is 3.16. The molecular formula is C13H18ClN3O2. The Kier molecular flexibility index (Phi) is 4.61. The number of piperidine rings is 1. The molecular weight excluding hydrogens is 266 g/mol. The number of anilines is 1. The maximum absolute atomic E-state index is 12.5. The molecule has 0 bridgehead atoms. The molecule has 0 aliphatic carbocycles. The van der Waals surface area contributed by atoms with Gasteiger partial charge in [0.25, 0.3) is 5.91 Å². The van der Waals surface area contributed by atoms with Crippen molar-refractivity contribution in [1.29, 1.82) is 0 Å². The highest BCUT2D eigenvalue weighted by molar-refractivity contribution is 6.33. The van der Waals surface area contributed by atoms with Crippen LogP contribution in [0.1, 0.15) is 23.2 Å². The third-order valence-electron chi connectivity index (χ3n) is 3.41. The second kappa shape index (κ2) is 6.21. The molecule has 1 aromatic heterocycles. The predicted octanol–water partition coefficient (Wildman–Crippen LogP) is 1.62. The van der Waals surface area contributed by atoms with Crippen molar-refractivity contribution in [1.82, 2.24) is 9.88 Å². The first-order valence-corrected chi connectivity index (χ1v) is 6.77. The van der Waals surface area contributed by atoms with Gasteiger partial charge in [-0.2, -0.15) is 0 Å². The number of rotatable bonds is 3. The van der Waals surface area contributed by atoms with E-state index in [-0.39, 0.29) is 18.4 Å². The van der Waals surface area contributed by atoms with E-state index in [2.05, 4.69) is 10.3 Å². The van der Waals surface area contributed by atoms with Gasteiger partial charge in [0.1, 0.15) is 5.82 Å². The molecule has 104 valence electrons. The van der Waals surface area contributed by atoms with Crippen LogP contribution in [0.25, 0.3) is 0 Å². The summed E-state index contributed by atoms with van der Waals surface area (Å²) in [6, 6.07) is 1.66. The average molecular weight is 284 g/mol. The molecule has 6 heteroatoms. The first-order valence-electron chi connectivity index (χ1n) is 6.39. The summed E-state index contributed by atoms with van der Waals surface area (Å²) in [5, 5.41) is 12.5. The van der Waals surface area contributed by atoms with Crippen LogP contribution in [0.5, 0.6) is 0 Å². The van der Waals surface area contributed by atoms with Crippen molar-refractivity contribution in [2.24, 2.45) is 5.92 Å². The van der Waals surface area contributed by atoms with Crippen LogP contribution >= 0.6 is 11.6 Å². The van der Waals surface area contributed by atoms with Gasteiger partial charge in [-0.25, -0.2) is 4.98 Å². The van der Waals surface area contributed by atoms with E-state index in [0.29, 0.717) is 29.5 Å². The molecule has 2 rings (SSSR count). The van der Waals surface area contributed by atoms with Crippen molar-refractivity contribution in [3.63, 3.8) is 0 Å². The molecule has 5 nitrogen and oxygen atoms in total. The predicted molar refractivity (Wildman–Crippen MR) is 74.5 cm³/mol. The molecule has 19 heavy (non-hydrogen) atoms. The molecule has 1 amide bonds. The number of hydrogen-bond donors (Lipinski definition) is 2. The van der Waals surface area contributed by atoms with Crippen molar-refractivity contribution in [2.75, 3.05) is 32.1 Å². The van der Waals surface area contributed by atoms with Gasteiger partial charge in [-0.05, 0) is 24.8 Å². The topological polar surface area (TPSA) is 65.5 Å². The van der Waals surface area contributed by atoms with Gasteiger partial charge in [0.2, 0.25) is 0 Å². The van der Waals surface area contributed by atoms with Crippen LogP contribution in [0.15, 0.2) is 12.3 Å². The molecule has 0 spiro atoms. The normalized spacial score (nSPS) is 19.3. The highest BCUT2D eigenvalue weighted by Crippen LogP contribution is 2.23. The van der Waals surface area contributed by atoms with E-state index in [1.54, 1.807) is 18.0 Å². The largest absolute Gasteiger partial charge is 0.396 e. The van der Waals surface area contributed by atoms with E-state index < -0.39 is 0 Å². The van der Waals surface area contributed by atoms with E-state index in [4.69, 9.17) is 11.6 Å². The summed E-state index contributed by atoms with van der Waals surface area (Å²) in [5.41, 5.74) is 0.458. The number of carbonyl (C=O) groups is 1. The fraction of sp³-hybridized carbons (Fsp3) is 0.538. The summed E-state index contributed by atoms with van der Waals surface area (Å²) in [7, 11) is 1.74. The zero-order chi connectivity index (χ0) is 13.8. The van der Waals surface area contributed by atoms with Crippen molar-refractivity contribution in [2.45, 2.75) is 12.8 Å². The number of nitrogens with zero attached hydrogens (tertiary/aromatic N) is 2. The first-order chi connectivity index (χ1) is 9.15. The number of likely N-dealkylation sites (tertiary alicyclic amines) is 1. The van der Waals surface area contributed by atoms with Gasteiger partial charge in [-0.15, -0.1) is 0 Å². The smallest absolute Gasteiger partial charge is 0.255 e. The highest BCUT2D eigenvalue weighted by atomic mass is 35.5. The number of aliphatic hydroxyl groups excluding tert-OH is 1. The summed E-state index contributed by atoms with van der Waals surface area (Å²) in [6.45, 7) is 1.42. The number of hydrogen-bond acceptors (Lipinski definition) is 4.